The van der Waals surface area contributed by atoms with E-state index in [1.54, 1.807) is 4.90 Å². The molecule has 0 saturated carbocycles. The number of likely N-dealkylation sites (tertiary alicyclic amines) is 1. The van der Waals surface area contributed by atoms with E-state index in [1.807, 2.05) is 20.8 Å². The fourth-order valence-electron chi connectivity index (χ4n) is 3.20. The number of nitrogens with zero attached hydrogens (tertiary/aromatic N) is 1. The summed E-state index contributed by atoms with van der Waals surface area (Å²) in [6.45, 7) is 7.94. The fourth-order valence-corrected chi connectivity index (χ4v) is 3.20. The van der Waals surface area contributed by atoms with E-state index in [1.165, 1.54) is 0 Å². The van der Waals surface area contributed by atoms with Gasteiger partial charge in [-0.05, 0) is 51.9 Å². The predicted octanol–water partition coefficient (Wildman–Crippen LogP) is 2.03. The van der Waals surface area contributed by atoms with Crippen LogP contribution in [0.15, 0.2) is 0 Å². The van der Waals surface area contributed by atoms with E-state index in [2.05, 4.69) is 0 Å². The van der Waals surface area contributed by atoms with Gasteiger partial charge in [0.05, 0.1) is 12.6 Å². The minimum atomic E-state index is -0.492. The van der Waals surface area contributed by atoms with Crippen molar-refractivity contribution in [2.24, 2.45) is 11.8 Å². The molecule has 5 heteroatoms. The third-order valence-electron chi connectivity index (χ3n) is 4.22. The molecule has 2 aliphatic heterocycles. The van der Waals surface area contributed by atoms with Gasteiger partial charge in [-0.15, -0.1) is 0 Å². The molecule has 2 aliphatic rings. The van der Waals surface area contributed by atoms with E-state index in [4.69, 9.17) is 9.47 Å². The van der Waals surface area contributed by atoms with Crippen LogP contribution >= 0.6 is 0 Å². The van der Waals surface area contributed by atoms with E-state index in [0.29, 0.717) is 18.4 Å². The number of amides is 1. The Balaban J connectivity index is 1.96. The van der Waals surface area contributed by atoms with Crippen LogP contribution in [0.4, 0.5) is 4.79 Å². The van der Waals surface area contributed by atoms with Crippen LogP contribution in [-0.2, 0) is 9.47 Å². The predicted molar refractivity (Wildman–Crippen MR) is 75.5 cm³/mol. The summed E-state index contributed by atoms with van der Waals surface area (Å²) < 4.78 is 10.8. The topological polar surface area (TPSA) is 59.0 Å². The molecule has 0 aromatic carbocycles. The quantitative estimate of drug-likeness (QED) is 0.843. The fraction of sp³-hybridized carbons (Fsp3) is 0.933. The number of rotatable bonds is 2. The van der Waals surface area contributed by atoms with Gasteiger partial charge in [-0.1, -0.05) is 0 Å². The highest BCUT2D eigenvalue weighted by Crippen LogP contribution is 2.34. The van der Waals surface area contributed by atoms with Crippen molar-refractivity contribution in [1.29, 1.82) is 0 Å². The number of ether oxygens (including phenoxy) is 2. The lowest BCUT2D eigenvalue weighted by Crippen LogP contribution is -2.41. The number of aliphatic hydroxyl groups is 1. The number of carbonyl (C=O) groups excluding carboxylic acids is 1. The summed E-state index contributed by atoms with van der Waals surface area (Å²) >= 11 is 0. The summed E-state index contributed by atoms with van der Waals surface area (Å²) in [6, 6.07) is -0.0994. The maximum Gasteiger partial charge on any atom is 0.410 e. The van der Waals surface area contributed by atoms with Gasteiger partial charge in [0.1, 0.15) is 5.60 Å². The molecule has 0 radical (unpaired) electrons. The first kappa shape index (κ1) is 15.6. The van der Waals surface area contributed by atoms with Crippen LogP contribution in [0.3, 0.4) is 0 Å². The van der Waals surface area contributed by atoms with Gasteiger partial charge in [0, 0.05) is 19.8 Å². The zero-order chi connectivity index (χ0) is 14.8. The van der Waals surface area contributed by atoms with Crippen molar-refractivity contribution >= 4 is 6.09 Å². The van der Waals surface area contributed by atoms with Crippen molar-refractivity contribution in [3.8, 4) is 0 Å². The minimum absolute atomic E-state index is 0.0129. The van der Waals surface area contributed by atoms with Gasteiger partial charge >= 0.3 is 6.09 Å². The van der Waals surface area contributed by atoms with Crippen LogP contribution in [0, 0.1) is 11.8 Å². The first-order valence-electron chi connectivity index (χ1n) is 7.59. The second-order valence-corrected chi connectivity index (χ2v) is 6.91. The molecule has 20 heavy (non-hydrogen) atoms. The van der Waals surface area contributed by atoms with E-state index >= 15 is 0 Å². The van der Waals surface area contributed by atoms with Crippen molar-refractivity contribution in [3.63, 3.8) is 0 Å². The van der Waals surface area contributed by atoms with E-state index in [9.17, 15) is 9.90 Å². The number of aliphatic hydroxyl groups excluding tert-OH is 1. The first-order chi connectivity index (χ1) is 9.40. The smallest absolute Gasteiger partial charge is 0.410 e. The molecule has 2 heterocycles. The molecule has 1 N–H and O–H groups in total. The molecule has 0 aromatic rings. The van der Waals surface area contributed by atoms with Gasteiger partial charge in [-0.3, -0.25) is 0 Å². The highest BCUT2D eigenvalue weighted by Gasteiger charge is 2.40. The Morgan fingerprint density at radius 3 is 2.50 bits per heavy atom. The van der Waals surface area contributed by atoms with Gasteiger partial charge in [-0.25, -0.2) is 4.79 Å². The first-order valence-corrected chi connectivity index (χ1v) is 7.59. The van der Waals surface area contributed by atoms with Gasteiger partial charge in [0.15, 0.2) is 0 Å². The highest BCUT2D eigenvalue weighted by atomic mass is 16.6. The molecule has 5 nitrogen and oxygen atoms in total. The largest absolute Gasteiger partial charge is 0.444 e. The molecular weight excluding hydrogens is 258 g/mol. The third kappa shape index (κ3) is 3.85. The molecule has 0 aliphatic carbocycles. The van der Waals surface area contributed by atoms with Gasteiger partial charge in [0.25, 0.3) is 0 Å². The van der Waals surface area contributed by atoms with Crippen LogP contribution in [0.5, 0.6) is 0 Å². The number of hydrogen-bond donors (Lipinski definition) is 1. The summed E-state index contributed by atoms with van der Waals surface area (Å²) in [4.78, 5) is 13.9. The maximum absolute atomic E-state index is 12.2. The van der Waals surface area contributed by atoms with Crippen molar-refractivity contribution in [2.75, 3.05) is 26.4 Å². The zero-order valence-corrected chi connectivity index (χ0v) is 12.8. The van der Waals surface area contributed by atoms with Crippen molar-refractivity contribution in [1.82, 2.24) is 4.90 Å². The monoisotopic (exact) mass is 285 g/mol. The van der Waals surface area contributed by atoms with Crippen molar-refractivity contribution in [2.45, 2.75) is 51.7 Å². The second-order valence-electron chi connectivity index (χ2n) is 6.91. The Hall–Kier alpha value is -0.810. The molecule has 2 atom stereocenters. The lowest BCUT2D eigenvalue weighted by atomic mass is 9.84. The van der Waals surface area contributed by atoms with Gasteiger partial charge < -0.3 is 19.5 Å². The summed E-state index contributed by atoms with van der Waals surface area (Å²) in [5, 5.41) is 9.53. The second kappa shape index (κ2) is 6.31. The molecule has 2 rings (SSSR count). The van der Waals surface area contributed by atoms with Crippen molar-refractivity contribution < 1.29 is 19.4 Å². The molecule has 2 fully saturated rings. The lowest BCUT2D eigenvalue weighted by Gasteiger charge is -2.29. The third-order valence-corrected chi connectivity index (χ3v) is 4.22. The zero-order valence-electron chi connectivity index (χ0n) is 12.8. The van der Waals surface area contributed by atoms with Gasteiger partial charge in [-0.2, -0.15) is 0 Å². The summed E-state index contributed by atoms with van der Waals surface area (Å²) in [5.41, 5.74) is -0.492. The number of hydrogen-bond acceptors (Lipinski definition) is 4. The average molecular weight is 285 g/mol. The molecule has 0 aromatic heterocycles. The Morgan fingerprint density at radius 2 is 1.95 bits per heavy atom. The number of carbonyl (C=O) groups is 1. The molecule has 0 unspecified atom stereocenters. The maximum atomic E-state index is 12.2. The molecule has 0 bridgehead atoms. The SMILES string of the molecule is CC(C)(C)OC(=O)N1C[C@@H](C2CCOCC2)C[C@H]1CO. The molecule has 116 valence electrons. The Labute approximate surface area is 121 Å². The van der Waals surface area contributed by atoms with Crippen LogP contribution in [0.25, 0.3) is 0 Å². The van der Waals surface area contributed by atoms with Crippen LogP contribution in [0.2, 0.25) is 0 Å². The molecule has 2 saturated heterocycles. The standard InChI is InChI=1S/C15H27NO4/c1-15(2,3)20-14(18)16-9-12(8-13(16)10-17)11-4-6-19-7-5-11/h11-13,17H,4-10H2,1-3H3/t12-,13-/m0/s1. The summed E-state index contributed by atoms with van der Waals surface area (Å²) in [5.74, 6) is 1.06. The van der Waals surface area contributed by atoms with E-state index in [0.717, 1.165) is 32.5 Å². The summed E-state index contributed by atoms with van der Waals surface area (Å²) in [6.07, 6.45) is 2.70. The Morgan fingerprint density at radius 1 is 1.30 bits per heavy atom. The lowest BCUT2D eigenvalue weighted by molar-refractivity contribution is 0.0158. The highest BCUT2D eigenvalue weighted by molar-refractivity contribution is 5.69. The minimum Gasteiger partial charge on any atom is -0.444 e. The van der Waals surface area contributed by atoms with Gasteiger partial charge in [0.2, 0.25) is 0 Å². The Kier molecular flexibility index (Phi) is 4.91. The normalized spacial score (nSPS) is 28.7. The van der Waals surface area contributed by atoms with Crippen LogP contribution < -0.4 is 0 Å². The average Bonchev–Trinajstić information content (AvgIpc) is 2.82. The summed E-state index contributed by atoms with van der Waals surface area (Å²) in [7, 11) is 0. The van der Waals surface area contributed by atoms with E-state index < -0.39 is 5.60 Å². The Bertz CT molecular complexity index is 333. The van der Waals surface area contributed by atoms with Crippen LogP contribution in [0.1, 0.15) is 40.0 Å². The van der Waals surface area contributed by atoms with Crippen LogP contribution in [-0.4, -0.2) is 54.1 Å². The van der Waals surface area contributed by atoms with E-state index in [-0.39, 0.29) is 18.7 Å². The molecule has 1 amide bonds. The van der Waals surface area contributed by atoms with Crippen molar-refractivity contribution in [3.05, 3.63) is 0 Å². The molecule has 0 spiro atoms. The molecular formula is C15H27NO4.